The van der Waals surface area contributed by atoms with Gasteiger partial charge in [-0.1, -0.05) is 0 Å². The topological polar surface area (TPSA) is 131 Å². The van der Waals surface area contributed by atoms with Gasteiger partial charge < -0.3 is 15.2 Å². The Bertz CT molecular complexity index is 1010. The summed E-state index contributed by atoms with van der Waals surface area (Å²) in [5.74, 6) is 0.969. The monoisotopic (exact) mass is 392 g/mol. The summed E-state index contributed by atoms with van der Waals surface area (Å²) in [4.78, 5) is 13.0. The maximum Gasteiger partial charge on any atom is 0.237 e. The van der Waals surface area contributed by atoms with Crippen molar-refractivity contribution in [2.45, 2.75) is 0 Å². The summed E-state index contributed by atoms with van der Waals surface area (Å²) in [5.41, 5.74) is 1.06. The van der Waals surface area contributed by atoms with Gasteiger partial charge in [-0.2, -0.15) is 4.98 Å². The third kappa shape index (κ3) is 5.12. The second kappa shape index (κ2) is 8.29. The van der Waals surface area contributed by atoms with Crippen LogP contribution in [0.5, 0.6) is 0 Å². The van der Waals surface area contributed by atoms with Crippen molar-refractivity contribution in [2.24, 2.45) is 0 Å². The zero-order chi connectivity index (χ0) is 19.3. The average Bonchev–Trinajstić information content (AvgIpc) is 3.15. The molecule has 0 unspecified atom stereocenters. The molecule has 0 atom stereocenters. The zero-order valence-corrected chi connectivity index (χ0v) is 15.5. The van der Waals surface area contributed by atoms with E-state index in [-0.39, 0.29) is 13.2 Å². The maximum absolute atomic E-state index is 11.5. The van der Waals surface area contributed by atoms with Crippen molar-refractivity contribution in [1.29, 1.82) is 0 Å². The molecule has 144 valence electrons. The highest BCUT2D eigenvalue weighted by Crippen LogP contribution is 2.25. The first-order valence-electron chi connectivity index (χ1n) is 8.17. The van der Waals surface area contributed by atoms with Gasteiger partial charge in [-0.05, 0) is 18.2 Å². The number of imidazole rings is 1. The minimum Gasteiger partial charge on any atom is -0.394 e. The van der Waals surface area contributed by atoms with Gasteiger partial charge in [0.25, 0.3) is 0 Å². The molecule has 3 N–H and O–H groups in total. The van der Waals surface area contributed by atoms with Gasteiger partial charge in [0, 0.05) is 30.0 Å². The Morgan fingerprint density at radius 3 is 2.81 bits per heavy atom. The van der Waals surface area contributed by atoms with Crippen molar-refractivity contribution in [3.8, 4) is 5.95 Å². The molecular formula is C16H20N6O4S. The van der Waals surface area contributed by atoms with Crippen LogP contribution in [0.25, 0.3) is 16.9 Å². The Morgan fingerprint density at radius 2 is 2.11 bits per heavy atom. The molecule has 0 spiro atoms. The molecule has 1 aromatic carbocycles. The van der Waals surface area contributed by atoms with Crippen molar-refractivity contribution in [3.63, 3.8) is 0 Å². The standard InChI is InChI=1S/C16H20N6O4S/c1-27(24,25)21-12-2-3-14-13(10-12)15(18-5-8-26-9-7-23)20-16(19-14)22-6-4-17-11-22/h2-4,6,10-11,21,23H,5,7-9H2,1H3,(H,18,19,20). The Balaban J connectivity index is 1.96. The predicted molar refractivity (Wildman–Crippen MR) is 102 cm³/mol. The molecule has 0 aliphatic carbocycles. The summed E-state index contributed by atoms with van der Waals surface area (Å²) in [6.07, 6.45) is 6.04. The van der Waals surface area contributed by atoms with Crippen LogP contribution in [0.3, 0.4) is 0 Å². The SMILES string of the molecule is CS(=O)(=O)Nc1ccc2nc(-n3ccnc3)nc(NCCOCCO)c2c1. The number of ether oxygens (including phenoxy) is 1. The van der Waals surface area contributed by atoms with Gasteiger partial charge in [-0.3, -0.25) is 9.29 Å². The Kier molecular flexibility index (Phi) is 5.84. The highest BCUT2D eigenvalue weighted by molar-refractivity contribution is 7.92. The van der Waals surface area contributed by atoms with Gasteiger partial charge >= 0.3 is 0 Å². The molecule has 0 fully saturated rings. The lowest BCUT2D eigenvalue weighted by atomic mass is 10.2. The van der Waals surface area contributed by atoms with Crippen molar-refractivity contribution in [1.82, 2.24) is 19.5 Å². The molecule has 11 heteroatoms. The summed E-state index contributed by atoms with van der Waals surface area (Å²) >= 11 is 0. The number of aromatic nitrogens is 4. The minimum absolute atomic E-state index is 0.0399. The van der Waals surface area contributed by atoms with E-state index in [4.69, 9.17) is 9.84 Å². The van der Waals surface area contributed by atoms with Crippen LogP contribution >= 0.6 is 0 Å². The second-order valence-electron chi connectivity index (χ2n) is 5.71. The number of hydrogen-bond acceptors (Lipinski definition) is 8. The highest BCUT2D eigenvalue weighted by Gasteiger charge is 2.11. The van der Waals surface area contributed by atoms with Gasteiger partial charge in [0.05, 0.1) is 31.6 Å². The summed E-state index contributed by atoms with van der Waals surface area (Å²) in [6, 6.07) is 5.03. The van der Waals surface area contributed by atoms with Gasteiger partial charge in [0.1, 0.15) is 12.1 Å². The van der Waals surface area contributed by atoms with Crippen molar-refractivity contribution in [2.75, 3.05) is 42.7 Å². The van der Waals surface area contributed by atoms with Crippen LogP contribution in [0, 0.1) is 0 Å². The fourth-order valence-corrected chi connectivity index (χ4v) is 2.98. The van der Waals surface area contributed by atoms with Gasteiger partial charge in [0.2, 0.25) is 16.0 Å². The van der Waals surface area contributed by atoms with Crippen molar-refractivity contribution >= 4 is 32.4 Å². The van der Waals surface area contributed by atoms with Crippen LogP contribution in [-0.4, -0.2) is 65.7 Å². The molecule has 2 aromatic heterocycles. The quantitative estimate of drug-likeness (QED) is 0.451. The van der Waals surface area contributed by atoms with Crippen molar-refractivity contribution < 1.29 is 18.3 Å². The smallest absolute Gasteiger partial charge is 0.237 e. The lowest BCUT2D eigenvalue weighted by Gasteiger charge is -2.12. The van der Waals surface area contributed by atoms with Crippen molar-refractivity contribution in [3.05, 3.63) is 36.9 Å². The molecule has 2 heterocycles. The van der Waals surface area contributed by atoms with E-state index in [2.05, 4.69) is 25.0 Å². The first kappa shape index (κ1) is 19.0. The lowest BCUT2D eigenvalue weighted by molar-refractivity contribution is 0.0992. The van der Waals surface area contributed by atoms with E-state index in [1.807, 2.05) is 0 Å². The van der Waals surface area contributed by atoms with E-state index in [1.165, 1.54) is 0 Å². The number of hydrogen-bond donors (Lipinski definition) is 3. The molecule has 3 rings (SSSR count). The third-order valence-corrected chi connectivity index (χ3v) is 4.10. The van der Waals surface area contributed by atoms with Crippen LogP contribution in [0.1, 0.15) is 0 Å². The number of aliphatic hydroxyl groups excluding tert-OH is 1. The number of aliphatic hydroxyl groups is 1. The molecule has 10 nitrogen and oxygen atoms in total. The van der Waals surface area contributed by atoms with E-state index in [9.17, 15) is 8.42 Å². The number of rotatable bonds is 9. The maximum atomic E-state index is 11.5. The van der Waals surface area contributed by atoms with E-state index in [0.717, 1.165) is 6.26 Å². The summed E-state index contributed by atoms with van der Waals surface area (Å²) in [7, 11) is -3.40. The van der Waals surface area contributed by atoms with Gasteiger partial charge in [0.15, 0.2) is 0 Å². The molecule has 0 saturated heterocycles. The third-order valence-electron chi connectivity index (χ3n) is 3.50. The Labute approximate surface area is 156 Å². The number of benzene rings is 1. The molecule has 0 aliphatic heterocycles. The number of nitrogens with one attached hydrogen (secondary N) is 2. The predicted octanol–water partition coefficient (Wildman–Crippen LogP) is 0.608. The molecule has 0 aliphatic rings. The molecule has 27 heavy (non-hydrogen) atoms. The minimum atomic E-state index is -3.40. The van der Waals surface area contributed by atoms with Crippen LogP contribution < -0.4 is 10.0 Å². The fourth-order valence-electron chi connectivity index (χ4n) is 2.43. The first-order valence-corrected chi connectivity index (χ1v) is 10.1. The number of fused-ring (bicyclic) bond motifs is 1. The molecule has 0 bridgehead atoms. The highest BCUT2D eigenvalue weighted by atomic mass is 32.2. The van der Waals surface area contributed by atoms with Crippen LogP contribution in [0.2, 0.25) is 0 Å². The number of sulfonamides is 1. The van der Waals surface area contributed by atoms with Gasteiger partial charge in [-0.25, -0.2) is 18.4 Å². The molecule has 0 saturated carbocycles. The lowest BCUT2D eigenvalue weighted by Crippen LogP contribution is -2.14. The van der Waals surface area contributed by atoms with E-state index in [0.29, 0.717) is 41.5 Å². The van der Waals surface area contributed by atoms with Gasteiger partial charge in [-0.15, -0.1) is 0 Å². The van der Waals surface area contributed by atoms with Crippen LogP contribution in [-0.2, 0) is 14.8 Å². The molecular weight excluding hydrogens is 372 g/mol. The van der Waals surface area contributed by atoms with E-state index in [1.54, 1.807) is 41.5 Å². The molecule has 0 amide bonds. The van der Waals surface area contributed by atoms with E-state index < -0.39 is 10.0 Å². The Hall–Kier alpha value is -2.76. The second-order valence-corrected chi connectivity index (χ2v) is 7.46. The zero-order valence-electron chi connectivity index (χ0n) is 14.7. The summed E-state index contributed by atoms with van der Waals surface area (Å²) in [5, 5.41) is 12.6. The summed E-state index contributed by atoms with van der Waals surface area (Å²) < 4.78 is 32.4. The fraction of sp³-hybridized carbons (Fsp3) is 0.312. The number of anilines is 2. The normalized spacial score (nSPS) is 11.6. The molecule has 3 aromatic rings. The van der Waals surface area contributed by atoms with Crippen LogP contribution in [0.15, 0.2) is 36.9 Å². The molecule has 0 radical (unpaired) electrons. The first-order chi connectivity index (χ1) is 13.0. The Morgan fingerprint density at radius 1 is 1.26 bits per heavy atom. The summed E-state index contributed by atoms with van der Waals surface area (Å²) in [6.45, 7) is 1.06. The number of nitrogens with zero attached hydrogens (tertiary/aromatic N) is 4. The van der Waals surface area contributed by atoms with E-state index >= 15 is 0 Å². The average molecular weight is 392 g/mol. The largest absolute Gasteiger partial charge is 0.394 e. The van der Waals surface area contributed by atoms with Crippen LogP contribution in [0.4, 0.5) is 11.5 Å².